The van der Waals surface area contributed by atoms with E-state index in [1.54, 1.807) is 0 Å². The lowest BCUT2D eigenvalue weighted by atomic mass is 9.94. The minimum atomic E-state index is 0.348. The van der Waals surface area contributed by atoms with Crippen LogP contribution in [0.4, 0.5) is 0 Å². The van der Waals surface area contributed by atoms with E-state index in [9.17, 15) is 0 Å². The van der Waals surface area contributed by atoms with E-state index >= 15 is 0 Å². The number of nitrogens with one attached hydrogen (secondary N) is 1. The highest BCUT2D eigenvalue weighted by molar-refractivity contribution is 7.07. The Morgan fingerprint density at radius 3 is 3.00 bits per heavy atom. The Morgan fingerprint density at radius 2 is 2.33 bits per heavy atom. The van der Waals surface area contributed by atoms with E-state index in [0.717, 1.165) is 5.92 Å². The summed E-state index contributed by atoms with van der Waals surface area (Å²) in [5.74, 6) is 0.910. The molecule has 3 heteroatoms. The van der Waals surface area contributed by atoms with Gasteiger partial charge >= 0.3 is 0 Å². The van der Waals surface area contributed by atoms with E-state index in [1.165, 1.54) is 44.5 Å². The van der Waals surface area contributed by atoms with Crippen molar-refractivity contribution in [2.45, 2.75) is 44.7 Å². The van der Waals surface area contributed by atoms with Crippen molar-refractivity contribution in [1.29, 1.82) is 0 Å². The van der Waals surface area contributed by atoms with Crippen LogP contribution in [-0.2, 0) is 0 Å². The first kappa shape index (κ1) is 12.6. The van der Waals surface area contributed by atoms with Crippen LogP contribution in [0, 0.1) is 5.92 Å². The molecule has 0 spiro atoms. The molecule has 1 saturated carbocycles. The molecule has 1 aliphatic carbocycles. The van der Waals surface area contributed by atoms with Crippen LogP contribution in [0.5, 0.6) is 0 Å². The molecule has 1 aromatic rings. The van der Waals surface area contributed by atoms with Crippen molar-refractivity contribution in [3.63, 3.8) is 0 Å². The van der Waals surface area contributed by atoms with Crippen molar-refractivity contribution >= 4 is 11.3 Å². The van der Waals surface area contributed by atoms with Crippen LogP contribution in [0.1, 0.15) is 44.7 Å². The molecule has 2 aliphatic rings. The Bertz CT molecular complexity index is 385. The van der Waals surface area contributed by atoms with E-state index in [1.807, 2.05) is 11.3 Å². The summed E-state index contributed by atoms with van der Waals surface area (Å²) in [5, 5.41) is 8.31. The van der Waals surface area contributed by atoms with E-state index in [4.69, 9.17) is 0 Å². The van der Waals surface area contributed by atoms with Gasteiger partial charge in [-0.3, -0.25) is 4.90 Å². The second kappa shape index (κ2) is 4.95. The van der Waals surface area contributed by atoms with Gasteiger partial charge in [0.15, 0.2) is 0 Å². The van der Waals surface area contributed by atoms with Crippen LogP contribution in [0.3, 0.4) is 0 Å². The predicted molar refractivity (Wildman–Crippen MR) is 78.1 cm³/mol. The number of hydrogen-bond donors (Lipinski definition) is 1. The second-order valence-corrected chi connectivity index (χ2v) is 6.96. The lowest BCUT2D eigenvalue weighted by Crippen LogP contribution is -2.51. The maximum Gasteiger partial charge on any atom is 0.0328 e. The Labute approximate surface area is 114 Å². The van der Waals surface area contributed by atoms with Crippen molar-refractivity contribution in [3.05, 3.63) is 22.4 Å². The Balaban J connectivity index is 1.74. The first-order chi connectivity index (χ1) is 8.69. The number of rotatable bonds is 3. The van der Waals surface area contributed by atoms with Crippen LogP contribution >= 0.6 is 11.3 Å². The third-order valence-electron chi connectivity index (χ3n) is 4.73. The van der Waals surface area contributed by atoms with Gasteiger partial charge in [0.1, 0.15) is 0 Å². The Kier molecular flexibility index (Phi) is 3.48. The summed E-state index contributed by atoms with van der Waals surface area (Å²) in [4.78, 5) is 2.68. The molecule has 18 heavy (non-hydrogen) atoms. The number of nitrogens with zero attached hydrogens (tertiary/aromatic N) is 1. The average Bonchev–Trinajstić information content (AvgIpc) is 3.12. The smallest absolute Gasteiger partial charge is 0.0328 e. The lowest BCUT2D eigenvalue weighted by Gasteiger charge is -2.36. The number of thiophene rings is 1. The van der Waals surface area contributed by atoms with Crippen molar-refractivity contribution in [1.82, 2.24) is 10.2 Å². The van der Waals surface area contributed by atoms with Gasteiger partial charge in [0, 0.05) is 24.7 Å². The summed E-state index contributed by atoms with van der Waals surface area (Å²) in [7, 11) is 0. The first-order valence-corrected chi connectivity index (χ1v) is 8.14. The van der Waals surface area contributed by atoms with Crippen molar-refractivity contribution in [2.24, 2.45) is 5.92 Å². The van der Waals surface area contributed by atoms with Gasteiger partial charge in [-0.2, -0.15) is 11.3 Å². The molecule has 1 aliphatic heterocycles. The molecule has 2 nitrogen and oxygen atoms in total. The SMILES string of the molecule is CC(c1ccsc1)N1CCCNC(C)(C2CC2)C1. The fourth-order valence-corrected chi connectivity index (χ4v) is 4.01. The minimum absolute atomic E-state index is 0.348. The standard InChI is InChI=1S/C15H24N2S/c1-12(13-6-9-18-10-13)17-8-3-7-16-15(2,11-17)14-4-5-14/h6,9-10,12,14,16H,3-5,7-8,11H2,1-2H3. The third kappa shape index (κ3) is 2.49. The molecular formula is C15H24N2S. The molecule has 0 amide bonds. The predicted octanol–water partition coefficient (Wildman–Crippen LogP) is 3.27. The number of hydrogen-bond acceptors (Lipinski definition) is 3. The molecule has 100 valence electrons. The van der Waals surface area contributed by atoms with E-state index in [-0.39, 0.29) is 0 Å². The summed E-state index contributed by atoms with van der Waals surface area (Å²) in [6, 6.07) is 2.84. The van der Waals surface area contributed by atoms with Gasteiger partial charge < -0.3 is 5.32 Å². The van der Waals surface area contributed by atoms with Gasteiger partial charge in [0.25, 0.3) is 0 Å². The summed E-state index contributed by atoms with van der Waals surface area (Å²) < 4.78 is 0. The highest BCUT2D eigenvalue weighted by Gasteiger charge is 2.43. The molecule has 0 radical (unpaired) electrons. The molecule has 1 saturated heterocycles. The monoisotopic (exact) mass is 264 g/mol. The Morgan fingerprint density at radius 1 is 1.50 bits per heavy atom. The highest BCUT2D eigenvalue weighted by atomic mass is 32.1. The van der Waals surface area contributed by atoms with Gasteiger partial charge in [-0.15, -0.1) is 0 Å². The topological polar surface area (TPSA) is 15.3 Å². The molecular weight excluding hydrogens is 240 g/mol. The second-order valence-electron chi connectivity index (χ2n) is 6.18. The van der Waals surface area contributed by atoms with Crippen LogP contribution in [0.15, 0.2) is 16.8 Å². The first-order valence-electron chi connectivity index (χ1n) is 7.20. The molecule has 2 heterocycles. The Hall–Kier alpha value is -0.380. The molecule has 2 unspecified atom stereocenters. The minimum Gasteiger partial charge on any atom is -0.310 e. The van der Waals surface area contributed by atoms with Gasteiger partial charge in [0.05, 0.1) is 0 Å². The quantitative estimate of drug-likeness (QED) is 0.901. The molecule has 0 bridgehead atoms. The average molecular weight is 264 g/mol. The van der Waals surface area contributed by atoms with Crippen LogP contribution < -0.4 is 5.32 Å². The summed E-state index contributed by atoms with van der Waals surface area (Å²) in [6.45, 7) is 8.41. The highest BCUT2D eigenvalue weighted by Crippen LogP contribution is 2.41. The van der Waals surface area contributed by atoms with Crippen LogP contribution in [0.25, 0.3) is 0 Å². The van der Waals surface area contributed by atoms with E-state index in [2.05, 4.69) is 40.9 Å². The molecule has 3 rings (SSSR count). The van der Waals surface area contributed by atoms with Gasteiger partial charge in [-0.25, -0.2) is 0 Å². The van der Waals surface area contributed by atoms with Crippen LogP contribution in [0.2, 0.25) is 0 Å². The zero-order chi connectivity index (χ0) is 12.6. The van der Waals surface area contributed by atoms with Crippen molar-refractivity contribution in [2.75, 3.05) is 19.6 Å². The van der Waals surface area contributed by atoms with Gasteiger partial charge in [-0.05, 0) is 68.0 Å². The van der Waals surface area contributed by atoms with Crippen molar-refractivity contribution in [3.8, 4) is 0 Å². The van der Waals surface area contributed by atoms with Crippen molar-refractivity contribution < 1.29 is 0 Å². The summed E-state index contributed by atoms with van der Waals surface area (Å²) >= 11 is 1.81. The van der Waals surface area contributed by atoms with E-state index in [0.29, 0.717) is 11.6 Å². The lowest BCUT2D eigenvalue weighted by molar-refractivity contribution is 0.160. The normalized spacial score (nSPS) is 32.1. The summed E-state index contributed by atoms with van der Waals surface area (Å²) in [6.07, 6.45) is 4.12. The van der Waals surface area contributed by atoms with Crippen LogP contribution in [-0.4, -0.2) is 30.1 Å². The van der Waals surface area contributed by atoms with E-state index < -0.39 is 0 Å². The maximum atomic E-state index is 3.81. The summed E-state index contributed by atoms with van der Waals surface area (Å²) in [5.41, 5.74) is 1.83. The zero-order valence-electron chi connectivity index (χ0n) is 11.5. The molecule has 2 fully saturated rings. The molecule has 0 aromatic carbocycles. The molecule has 1 N–H and O–H groups in total. The van der Waals surface area contributed by atoms with Gasteiger partial charge in [-0.1, -0.05) is 0 Å². The molecule has 1 aromatic heterocycles. The van der Waals surface area contributed by atoms with Gasteiger partial charge in [0.2, 0.25) is 0 Å². The molecule has 2 atom stereocenters. The third-order valence-corrected chi connectivity index (χ3v) is 5.44. The maximum absolute atomic E-state index is 3.81. The largest absolute Gasteiger partial charge is 0.310 e. The fraction of sp³-hybridized carbons (Fsp3) is 0.733. The zero-order valence-corrected chi connectivity index (χ0v) is 12.3. The fourth-order valence-electron chi connectivity index (χ4n) is 3.26.